The molecule has 2 aromatic heterocycles. The molecule has 2 aromatic carbocycles. The smallest absolute Gasteiger partial charge is 0.380 e. The van der Waals surface area contributed by atoms with E-state index in [-0.39, 0.29) is 12.2 Å². The number of oxazole rings is 1. The van der Waals surface area contributed by atoms with E-state index in [2.05, 4.69) is 10.1 Å². The van der Waals surface area contributed by atoms with Crippen molar-refractivity contribution in [2.45, 2.75) is 27.4 Å². The van der Waals surface area contributed by atoms with Gasteiger partial charge in [0.1, 0.15) is 18.6 Å². The average molecular weight is 415 g/mol. The highest BCUT2D eigenvalue weighted by molar-refractivity contribution is 6.41. The van der Waals surface area contributed by atoms with Crippen molar-refractivity contribution >= 4 is 11.8 Å². The van der Waals surface area contributed by atoms with Gasteiger partial charge in [0, 0.05) is 5.56 Å². The van der Waals surface area contributed by atoms with E-state index in [9.17, 15) is 9.59 Å². The molecule has 0 aliphatic rings. The van der Waals surface area contributed by atoms with Crippen LogP contribution in [-0.4, -0.2) is 26.5 Å². The first-order chi connectivity index (χ1) is 14.9. The van der Waals surface area contributed by atoms with Gasteiger partial charge < -0.3 is 9.15 Å². The number of rotatable bonds is 6. The number of carbonyl (C=O) groups excluding carboxylic acids is 2. The van der Waals surface area contributed by atoms with Crippen LogP contribution in [0.3, 0.4) is 0 Å². The molecule has 2 heterocycles. The van der Waals surface area contributed by atoms with Crippen LogP contribution in [0.15, 0.2) is 65.3 Å². The summed E-state index contributed by atoms with van der Waals surface area (Å²) in [7, 11) is 0. The minimum absolute atomic E-state index is 0.162. The number of hydrogen-bond donors (Lipinski definition) is 0. The number of para-hydroxylation sites is 1. The lowest BCUT2D eigenvalue weighted by molar-refractivity contribution is -0.139. The van der Waals surface area contributed by atoms with Gasteiger partial charge in [-0.15, -0.1) is 0 Å². The van der Waals surface area contributed by atoms with Crippen LogP contribution >= 0.6 is 0 Å². The maximum Gasteiger partial charge on any atom is 0.380 e. The molecule has 7 nitrogen and oxygen atoms in total. The molecule has 0 aliphatic heterocycles. The van der Waals surface area contributed by atoms with Crippen LogP contribution in [0.2, 0.25) is 0 Å². The minimum Gasteiger partial charge on any atom is -0.453 e. The molecule has 0 bridgehead atoms. The lowest BCUT2D eigenvalue weighted by atomic mass is 10.1. The topological polar surface area (TPSA) is 87.2 Å². The van der Waals surface area contributed by atoms with Gasteiger partial charge in [-0.1, -0.05) is 35.9 Å². The molecule has 0 spiro atoms. The summed E-state index contributed by atoms with van der Waals surface area (Å²) in [6, 6.07) is 17.1. The van der Waals surface area contributed by atoms with Gasteiger partial charge in [0.05, 0.1) is 22.6 Å². The van der Waals surface area contributed by atoms with Crippen molar-refractivity contribution in [1.82, 2.24) is 14.8 Å². The lowest BCUT2D eigenvalue weighted by Gasteiger charge is -2.05. The van der Waals surface area contributed by atoms with Crippen molar-refractivity contribution in [2.75, 3.05) is 0 Å². The van der Waals surface area contributed by atoms with E-state index in [4.69, 9.17) is 9.15 Å². The van der Waals surface area contributed by atoms with Gasteiger partial charge in [0.15, 0.2) is 0 Å². The lowest BCUT2D eigenvalue weighted by Crippen LogP contribution is -2.19. The summed E-state index contributed by atoms with van der Waals surface area (Å²) in [6.45, 7) is 5.27. The quantitative estimate of drug-likeness (QED) is 0.264. The number of carbonyl (C=O) groups is 2. The molecule has 7 heteroatoms. The van der Waals surface area contributed by atoms with Crippen LogP contribution in [-0.2, 0) is 16.1 Å². The summed E-state index contributed by atoms with van der Waals surface area (Å²) in [6.07, 6.45) is 1.41. The molecule has 0 saturated heterocycles. The Labute approximate surface area is 179 Å². The van der Waals surface area contributed by atoms with E-state index < -0.39 is 11.8 Å². The highest BCUT2D eigenvalue weighted by Crippen LogP contribution is 2.21. The first-order valence-electron chi connectivity index (χ1n) is 9.78. The molecule has 0 unspecified atom stereocenters. The zero-order valence-corrected chi connectivity index (χ0v) is 17.5. The van der Waals surface area contributed by atoms with Gasteiger partial charge in [-0.25, -0.2) is 14.5 Å². The van der Waals surface area contributed by atoms with Gasteiger partial charge >= 0.3 is 5.97 Å². The first kappa shape index (κ1) is 20.3. The highest BCUT2D eigenvalue weighted by Gasteiger charge is 2.26. The predicted octanol–water partition coefficient (Wildman–Crippen LogP) is 4.38. The second-order valence-electron chi connectivity index (χ2n) is 7.21. The molecule has 0 fully saturated rings. The Bertz CT molecular complexity index is 1240. The molecule has 156 valence electrons. The van der Waals surface area contributed by atoms with Crippen LogP contribution in [0, 0.1) is 20.8 Å². The van der Waals surface area contributed by atoms with Crippen molar-refractivity contribution in [3.8, 4) is 17.1 Å². The third-order valence-corrected chi connectivity index (χ3v) is 4.91. The molecule has 0 amide bonds. The number of nitrogens with zero attached hydrogens (tertiary/aromatic N) is 3. The van der Waals surface area contributed by atoms with Gasteiger partial charge in [-0.3, -0.25) is 4.79 Å². The normalized spacial score (nSPS) is 10.8. The second-order valence-corrected chi connectivity index (χ2v) is 7.21. The number of esters is 1. The number of benzene rings is 2. The Morgan fingerprint density at radius 2 is 1.71 bits per heavy atom. The number of aryl methyl sites for hydroxylation is 2. The summed E-state index contributed by atoms with van der Waals surface area (Å²) >= 11 is 0. The number of aromatic nitrogens is 3. The van der Waals surface area contributed by atoms with Crippen LogP contribution in [0.4, 0.5) is 0 Å². The Morgan fingerprint density at radius 3 is 2.42 bits per heavy atom. The fourth-order valence-electron chi connectivity index (χ4n) is 3.30. The maximum absolute atomic E-state index is 12.7. The largest absolute Gasteiger partial charge is 0.453 e. The van der Waals surface area contributed by atoms with Crippen molar-refractivity contribution in [3.63, 3.8) is 0 Å². The summed E-state index contributed by atoms with van der Waals surface area (Å²) in [5.41, 5.74) is 4.46. The van der Waals surface area contributed by atoms with Crippen LogP contribution in [0.5, 0.6) is 0 Å². The van der Waals surface area contributed by atoms with Gasteiger partial charge in [0.25, 0.3) is 5.78 Å². The molecular weight excluding hydrogens is 394 g/mol. The number of ketones is 1. The van der Waals surface area contributed by atoms with Gasteiger partial charge in [0.2, 0.25) is 5.89 Å². The zero-order chi connectivity index (χ0) is 22.0. The van der Waals surface area contributed by atoms with Crippen LogP contribution in [0.25, 0.3) is 17.1 Å². The van der Waals surface area contributed by atoms with E-state index in [0.717, 1.165) is 16.8 Å². The molecule has 0 N–H and O–H groups in total. The SMILES string of the molecule is Cc1ccc(-c2nc(COC(=O)C(=O)c3c(C)nn(-c4ccccc4)c3C)co2)cc1. The predicted molar refractivity (Wildman–Crippen MR) is 114 cm³/mol. The van der Waals surface area contributed by atoms with Crippen LogP contribution < -0.4 is 0 Å². The van der Waals surface area contributed by atoms with Crippen molar-refractivity contribution < 1.29 is 18.7 Å². The zero-order valence-electron chi connectivity index (χ0n) is 17.5. The Morgan fingerprint density at radius 1 is 1.00 bits per heavy atom. The van der Waals surface area contributed by atoms with Crippen molar-refractivity contribution in [1.29, 1.82) is 0 Å². The minimum atomic E-state index is -0.960. The molecule has 31 heavy (non-hydrogen) atoms. The fraction of sp³-hybridized carbons (Fsp3) is 0.167. The number of Topliss-reactive ketones (excluding diaryl/α,β-unsaturated/α-hetero) is 1. The number of ether oxygens (including phenoxy) is 1. The molecule has 4 aromatic rings. The van der Waals surface area contributed by atoms with E-state index in [1.54, 1.807) is 18.5 Å². The average Bonchev–Trinajstić information content (AvgIpc) is 3.37. The Balaban J connectivity index is 1.46. The highest BCUT2D eigenvalue weighted by atomic mass is 16.5. The molecule has 0 radical (unpaired) electrons. The Hall–Kier alpha value is -4.00. The van der Waals surface area contributed by atoms with E-state index in [1.165, 1.54) is 6.26 Å². The molecule has 4 rings (SSSR count). The second kappa shape index (κ2) is 8.39. The summed E-state index contributed by atoms with van der Waals surface area (Å²) in [4.78, 5) is 29.5. The molecule has 0 saturated carbocycles. The first-order valence-corrected chi connectivity index (χ1v) is 9.78. The van der Waals surface area contributed by atoms with E-state index in [0.29, 0.717) is 23.0 Å². The van der Waals surface area contributed by atoms with Gasteiger partial charge in [-0.2, -0.15) is 5.10 Å². The van der Waals surface area contributed by atoms with Crippen molar-refractivity contribution in [2.24, 2.45) is 0 Å². The molecule has 0 aliphatic carbocycles. The maximum atomic E-state index is 12.7. The Kier molecular flexibility index (Phi) is 5.49. The molecule has 0 atom stereocenters. The monoisotopic (exact) mass is 415 g/mol. The fourth-order valence-corrected chi connectivity index (χ4v) is 3.30. The van der Waals surface area contributed by atoms with E-state index in [1.807, 2.05) is 61.5 Å². The van der Waals surface area contributed by atoms with Crippen LogP contribution in [0.1, 0.15) is 33.0 Å². The standard InChI is InChI=1S/C24H21N3O4/c1-15-9-11-18(12-10-15)23-25-19(13-30-23)14-31-24(29)22(28)21-16(2)26-27(17(21)3)20-7-5-4-6-8-20/h4-13H,14H2,1-3H3. The summed E-state index contributed by atoms with van der Waals surface area (Å²) < 4.78 is 12.3. The van der Waals surface area contributed by atoms with E-state index >= 15 is 0 Å². The van der Waals surface area contributed by atoms with Crippen molar-refractivity contribution in [3.05, 3.63) is 89.1 Å². The molecular formula is C24H21N3O4. The summed E-state index contributed by atoms with van der Waals surface area (Å²) in [5, 5.41) is 4.41. The number of hydrogen-bond acceptors (Lipinski definition) is 6. The van der Waals surface area contributed by atoms with Gasteiger partial charge in [-0.05, 0) is 45.0 Å². The summed E-state index contributed by atoms with van der Waals surface area (Å²) in [5.74, 6) is -1.27. The third-order valence-electron chi connectivity index (χ3n) is 4.91. The third kappa shape index (κ3) is 4.16.